The van der Waals surface area contributed by atoms with Crippen molar-refractivity contribution in [2.45, 2.75) is 34.1 Å². The smallest absolute Gasteiger partial charge is 0.225 e. The van der Waals surface area contributed by atoms with Gasteiger partial charge in [0.15, 0.2) is 5.96 Å². The first kappa shape index (κ1) is 19.9. The molecule has 0 unspecified atom stereocenters. The van der Waals surface area contributed by atoms with Crippen LogP contribution in [-0.4, -0.2) is 38.0 Å². The van der Waals surface area contributed by atoms with E-state index in [1.54, 1.807) is 12.1 Å². The van der Waals surface area contributed by atoms with Crippen molar-refractivity contribution in [1.82, 2.24) is 16.0 Å². The molecule has 0 bridgehead atoms. The highest BCUT2D eigenvalue weighted by atomic mass is 19.1. The fourth-order valence-electron chi connectivity index (χ4n) is 1.91. The molecule has 0 aliphatic heterocycles. The average molecular weight is 336 g/mol. The average Bonchev–Trinajstić information content (AvgIpc) is 2.52. The Labute approximate surface area is 144 Å². The number of rotatable bonds is 7. The van der Waals surface area contributed by atoms with Crippen LogP contribution >= 0.6 is 0 Å². The van der Waals surface area contributed by atoms with Gasteiger partial charge in [0.2, 0.25) is 5.91 Å². The number of amides is 1. The minimum atomic E-state index is -0.381. The summed E-state index contributed by atoms with van der Waals surface area (Å²) in [5.74, 6) is 0.515. The molecule has 1 aromatic rings. The van der Waals surface area contributed by atoms with Gasteiger partial charge in [0.05, 0.1) is 0 Å². The fourth-order valence-corrected chi connectivity index (χ4v) is 1.91. The van der Waals surface area contributed by atoms with E-state index in [0.29, 0.717) is 25.6 Å². The van der Waals surface area contributed by atoms with Crippen LogP contribution in [0.25, 0.3) is 0 Å². The molecule has 0 aliphatic carbocycles. The minimum Gasteiger partial charge on any atom is -0.357 e. The molecule has 0 radical (unpaired) electrons. The highest BCUT2D eigenvalue weighted by Crippen LogP contribution is 2.11. The molecule has 6 heteroatoms. The Bertz CT molecular complexity index is 535. The van der Waals surface area contributed by atoms with Crippen LogP contribution in [-0.2, 0) is 11.2 Å². The number of carbonyl (C=O) groups excluding carboxylic acids is 1. The lowest BCUT2D eigenvalue weighted by molar-refractivity contribution is -0.128. The van der Waals surface area contributed by atoms with E-state index in [-0.39, 0.29) is 17.1 Å². The molecule has 0 aromatic heterocycles. The summed E-state index contributed by atoms with van der Waals surface area (Å²) in [6.07, 6.45) is 0.748. The van der Waals surface area contributed by atoms with E-state index in [0.717, 1.165) is 18.5 Å². The van der Waals surface area contributed by atoms with Crippen molar-refractivity contribution >= 4 is 11.9 Å². The van der Waals surface area contributed by atoms with Gasteiger partial charge in [-0.2, -0.15) is 0 Å². The summed E-state index contributed by atoms with van der Waals surface area (Å²) in [6.45, 7) is 10.2. The van der Waals surface area contributed by atoms with E-state index in [2.05, 4.69) is 20.9 Å². The van der Waals surface area contributed by atoms with Gasteiger partial charge >= 0.3 is 0 Å². The molecule has 3 N–H and O–H groups in total. The van der Waals surface area contributed by atoms with Crippen LogP contribution in [0, 0.1) is 11.2 Å². The van der Waals surface area contributed by atoms with Gasteiger partial charge in [0, 0.05) is 31.6 Å². The second-order valence-corrected chi connectivity index (χ2v) is 6.57. The summed E-state index contributed by atoms with van der Waals surface area (Å²) >= 11 is 0. The van der Waals surface area contributed by atoms with Crippen LogP contribution in [0.5, 0.6) is 0 Å². The number of hydrogen-bond acceptors (Lipinski definition) is 2. The number of hydrogen-bond donors (Lipinski definition) is 3. The van der Waals surface area contributed by atoms with E-state index in [1.807, 2.05) is 27.7 Å². The molecule has 0 saturated heterocycles. The Morgan fingerprint density at radius 3 is 2.29 bits per heavy atom. The van der Waals surface area contributed by atoms with Gasteiger partial charge in [-0.3, -0.25) is 9.79 Å². The molecule has 0 heterocycles. The maximum Gasteiger partial charge on any atom is 0.225 e. The lowest BCUT2D eigenvalue weighted by Gasteiger charge is -2.18. The quantitative estimate of drug-likeness (QED) is 0.406. The van der Waals surface area contributed by atoms with Crippen molar-refractivity contribution in [1.29, 1.82) is 0 Å². The zero-order valence-corrected chi connectivity index (χ0v) is 15.1. The highest BCUT2D eigenvalue weighted by molar-refractivity contribution is 5.81. The Kier molecular flexibility index (Phi) is 8.22. The first-order chi connectivity index (χ1) is 11.3. The van der Waals surface area contributed by atoms with E-state index in [1.165, 1.54) is 12.1 Å². The Morgan fingerprint density at radius 1 is 1.08 bits per heavy atom. The Morgan fingerprint density at radius 2 is 1.71 bits per heavy atom. The summed E-state index contributed by atoms with van der Waals surface area (Å²) in [6, 6.07) is 6.46. The molecule has 1 aromatic carbocycles. The van der Waals surface area contributed by atoms with Crippen molar-refractivity contribution in [3.05, 3.63) is 35.6 Å². The third-order valence-corrected chi connectivity index (χ3v) is 3.31. The van der Waals surface area contributed by atoms with Crippen molar-refractivity contribution in [2.24, 2.45) is 10.4 Å². The van der Waals surface area contributed by atoms with Gasteiger partial charge in [-0.15, -0.1) is 0 Å². The minimum absolute atomic E-state index is 0.0301. The second-order valence-electron chi connectivity index (χ2n) is 6.57. The summed E-state index contributed by atoms with van der Waals surface area (Å²) in [7, 11) is 0. The molecular formula is C18H29FN4O. The van der Waals surface area contributed by atoms with Crippen LogP contribution in [0.2, 0.25) is 0 Å². The predicted molar refractivity (Wildman–Crippen MR) is 96.6 cm³/mol. The predicted octanol–water partition coefficient (Wildman–Crippen LogP) is 2.09. The summed E-state index contributed by atoms with van der Waals surface area (Å²) in [5.41, 5.74) is 0.668. The number of benzene rings is 1. The van der Waals surface area contributed by atoms with E-state index in [9.17, 15) is 9.18 Å². The topological polar surface area (TPSA) is 65.5 Å². The first-order valence-electron chi connectivity index (χ1n) is 8.38. The number of aliphatic imine (C=N–C) groups is 1. The van der Waals surface area contributed by atoms with Gasteiger partial charge in [-0.05, 0) is 31.0 Å². The summed E-state index contributed by atoms with van der Waals surface area (Å²) in [5, 5.41) is 9.24. The summed E-state index contributed by atoms with van der Waals surface area (Å²) in [4.78, 5) is 16.3. The number of guanidine groups is 1. The number of nitrogens with one attached hydrogen (secondary N) is 3. The largest absolute Gasteiger partial charge is 0.357 e. The van der Waals surface area contributed by atoms with Crippen LogP contribution < -0.4 is 16.0 Å². The third-order valence-electron chi connectivity index (χ3n) is 3.31. The Hall–Kier alpha value is -2.11. The van der Waals surface area contributed by atoms with Crippen molar-refractivity contribution in [2.75, 3.05) is 26.2 Å². The second kappa shape index (κ2) is 9.90. The van der Waals surface area contributed by atoms with E-state index < -0.39 is 0 Å². The number of halogens is 1. The normalized spacial score (nSPS) is 12.0. The van der Waals surface area contributed by atoms with E-state index >= 15 is 0 Å². The lowest BCUT2D eigenvalue weighted by Crippen LogP contribution is -2.43. The maximum absolute atomic E-state index is 12.9. The van der Waals surface area contributed by atoms with Gasteiger partial charge in [-0.25, -0.2) is 4.39 Å². The molecule has 0 atom stereocenters. The van der Waals surface area contributed by atoms with Crippen molar-refractivity contribution < 1.29 is 9.18 Å². The van der Waals surface area contributed by atoms with Crippen molar-refractivity contribution in [3.63, 3.8) is 0 Å². The van der Waals surface area contributed by atoms with Crippen LogP contribution in [0.3, 0.4) is 0 Å². The van der Waals surface area contributed by atoms with Gasteiger partial charge < -0.3 is 16.0 Å². The van der Waals surface area contributed by atoms with Crippen molar-refractivity contribution in [3.8, 4) is 0 Å². The SMILES string of the molecule is CCNC(=NCCc1ccc(F)cc1)NCCNC(=O)C(C)(C)C. The molecule has 5 nitrogen and oxygen atoms in total. The molecule has 0 aliphatic rings. The molecule has 0 fully saturated rings. The van der Waals surface area contributed by atoms with E-state index in [4.69, 9.17) is 0 Å². The Balaban J connectivity index is 2.37. The third kappa shape index (κ3) is 7.94. The molecule has 1 amide bonds. The highest BCUT2D eigenvalue weighted by Gasteiger charge is 2.20. The van der Waals surface area contributed by atoms with Gasteiger partial charge in [-0.1, -0.05) is 32.9 Å². The zero-order chi connectivity index (χ0) is 18.0. The molecule has 0 saturated carbocycles. The summed E-state index contributed by atoms with van der Waals surface area (Å²) < 4.78 is 12.9. The van der Waals surface area contributed by atoms with Crippen LogP contribution in [0.1, 0.15) is 33.3 Å². The fraction of sp³-hybridized carbons (Fsp3) is 0.556. The molecule has 24 heavy (non-hydrogen) atoms. The molecular weight excluding hydrogens is 307 g/mol. The molecule has 1 rings (SSSR count). The van der Waals surface area contributed by atoms with Crippen LogP contribution in [0.4, 0.5) is 4.39 Å². The molecule has 0 spiro atoms. The molecule has 134 valence electrons. The standard InChI is InChI=1S/C18H29FN4O/c1-5-20-17(23-13-12-21-16(24)18(2,3)4)22-11-10-14-6-8-15(19)9-7-14/h6-9H,5,10-13H2,1-4H3,(H,21,24)(H2,20,22,23). The lowest BCUT2D eigenvalue weighted by atomic mass is 9.96. The first-order valence-corrected chi connectivity index (χ1v) is 8.38. The van der Waals surface area contributed by atoms with Gasteiger partial charge in [0.25, 0.3) is 0 Å². The zero-order valence-electron chi connectivity index (χ0n) is 15.1. The van der Waals surface area contributed by atoms with Gasteiger partial charge in [0.1, 0.15) is 5.82 Å². The maximum atomic E-state index is 12.9. The number of carbonyl (C=O) groups is 1. The monoisotopic (exact) mass is 336 g/mol. The number of nitrogens with zero attached hydrogens (tertiary/aromatic N) is 1. The van der Waals surface area contributed by atoms with Crippen LogP contribution in [0.15, 0.2) is 29.3 Å².